The molecule has 220 valence electrons. The van der Waals surface area contributed by atoms with E-state index in [-0.39, 0.29) is 0 Å². The van der Waals surface area contributed by atoms with Crippen LogP contribution in [0.15, 0.2) is 168 Å². The molecule has 10 rings (SSSR count). The zero-order valence-corrected chi connectivity index (χ0v) is 26.2. The summed E-state index contributed by atoms with van der Waals surface area (Å²) in [5.74, 6) is 0. The van der Waals surface area contributed by atoms with E-state index in [1.54, 1.807) is 0 Å². The lowest BCUT2D eigenvalue weighted by atomic mass is 9.99. The van der Waals surface area contributed by atoms with Gasteiger partial charge in [-0.3, -0.25) is 0 Å². The Balaban J connectivity index is 1.32. The normalized spacial score (nSPS) is 11.8. The smallest absolute Gasteiger partial charge is 0.159 e. The largest absolute Gasteiger partial charge is 0.454 e. The maximum Gasteiger partial charge on any atom is 0.159 e. The van der Waals surface area contributed by atoms with E-state index in [4.69, 9.17) is 4.42 Å². The average molecular weight is 618 g/mol. The quantitative estimate of drug-likeness (QED) is 0.195. The van der Waals surface area contributed by atoms with Crippen LogP contribution in [0.25, 0.3) is 74.8 Å². The van der Waals surface area contributed by atoms with E-state index >= 15 is 0 Å². The van der Waals surface area contributed by atoms with Crippen molar-refractivity contribution in [3.05, 3.63) is 164 Å². The highest BCUT2D eigenvalue weighted by Crippen LogP contribution is 2.49. The summed E-state index contributed by atoms with van der Waals surface area (Å²) in [5, 5.41) is 9.88. The number of para-hydroxylation sites is 2. The molecule has 0 atom stereocenters. The zero-order valence-electron chi connectivity index (χ0n) is 25.4. The lowest BCUT2D eigenvalue weighted by Gasteiger charge is -2.27. The molecule has 2 aromatic heterocycles. The van der Waals surface area contributed by atoms with Gasteiger partial charge in [-0.05, 0) is 57.6 Å². The number of anilines is 3. The summed E-state index contributed by atoms with van der Waals surface area (Å²) in [6.07, 6.45) is 0. The van der Waals surface area contributed by atoms with Crippen molar-refractivity contribution in [2.75, 3.05) is 4.90 Å². The molecule has 47 heavy (non-hydrogen) atoms. The average Bonchev–Trinajstić information content (AvgIpc) is 3.72. The summed E-state index contributed by atoms with van der Waals surface area (Å²) in [6.45, 7) is 0. The molecule has 2 nitrogen and oxygen atoms in total. The molecule has 0 saturated carbocycles. The summed E-state index contributed by atoms with van der Waals surface area (Å²) < 4.78 is 9.28. The van der Waals surface area contributed by atoms with Crippen molar-refractivity contribution >= 4 is 92.1 Å². The fourth-order valence-corrected chi connectivity index (χ4v) is 8.59. The second-order valence-corrected chi connectivity index (χ2v) is 13.1. The third-order valence-electron chi connectivity index (χ3n) is 9.42. The SMILES string of the molecule is c1ccc(-c2cccc(N(c3cc4sc5c6ccccc6ccc5c4c4ccccc34)c3cccc4c3oc3ccccc34)c2)cc1. The van der Waals surface area contributed by atoms with E-state index in [9.17, 15) is 0 Å². The van der Waals surface area contributed by atoms with Crippen molar-refractivity contribution < 1.29 is 4.42 Å². The van der Waals surface area contributed by atoms with Gasteiger partial charge in [0, 0.05) is 42.0 Å². The Morgan fingerprint density at radius 1 is 0.447 bits per heavy atom. The topological polar surface area (TPSA) is 16.4 Å². The van der Waals surface area contributed by atoms with Gasteiger partial charge in [-0.1, -0.05) is 133 Å². The predicted molar refractivity (Wildman–Crippen MR) is 202 cm³/mol. The lowest BCUT2D eigenvalue weighted by Crippen LogP contribution is -2.11. The number of furan rings is 1. The fourth-order valence-electron chi connectivity index (χ4n) is 7.31. The molecule has 0 bridgehead atoms. The molecule has 0 amide bonds. The molecule has 3 heteroatoms. The van der Waals surface area contributed by atoms with Gasteiger partial charge in [-0.2, -0.15) is 0 Å². The highest BCUT2D eigenvalue weighted by atomic mass is 32.1. The molecule has 0 fully saturated rings. The maximum absolute atomic E-state index is 6.68. The van der Waals surface area contributed by atoms with Crippen LogP contribution >= 0.6 is 11.3 Å². The Morgan fingerprint density at radius 2 is 1.15 bits per heavy atom. The second-order valence-electron chi connectivity index (χ2n) is 12.1. The summed E-state index contributed by atoms with van der Waals surface area (Å²) in [7, 11) is 0. The first-order chi connectivity index (χ1) is 23.3. The van der Waals surface area contributed by atoms with E-state index in [0.717, 1.165) is 39.0 Å². The number of hydrogen-bond acceptors (Lipinski definition) is 3. The van der Waals surface area contributed by atoms with Crippen LogP contribution in [0.1, 0.15) is 0 Å². The van der Waals surface area contributed by atoms with E-state index in [0.29, 0.717) is 0 Å². The maximum atomic E-state index is 6.68. The van der Waals surface area contributed by atoms with Crippen molar-refractivity contribution in [3.8, 4) is 11.1 Å². The molecule has 0 radical (unpaired) electrons. The van der Waals surface area contributed by atoms with E-state index in [1.165, 1.54) is 52.8 Å². The first kappa shape index (κ1) is 26.3. The van der Waals surface area contributed by atoms with E-state index in [2.05, 4.69) is 163 Å². The van der Waals surface area contributed by atoms with Gasteiger partial charge in [-0.15, -0.1) is 11.3 Å². The molecule has 0 aliphatic carbocycles. The Hall–Kier alpha value is -5.90. The summed E-state index contributed by atoms with van der Waals surface area (Å²) >= 11 is 1.89. The van der Waals surface area contributed by atoms with Gasteiger partial charge < -0.3 is 9.32 Å². The minimum Gasteiger partial charge on any atom is -0.454 e. The number of thiophene rings is 1. The van der Waals surface area contributed by atoms with Crippen molar-refractivity contribution in [2.24, 2.45) is 0 Å². The molecule has 10 aromatic rings. The van der Waals surface area contributed by atoms with Gasteiger partial charge in [-0.25, -0.2) is 0 Å². The van der Waals surface area contributed by atoms with Gasteiger partial charge in [0.25, 0.3) is 0 Å². The molecule has 0 saturated heterocycles. The monoisotopic (exact) mass is 617 g/mol. The zero-order chi connectivity index (χ0) is 30.9. The summed E-state index contributed by atoms with van der Waals surface area (Å²) in [6, 6.07) is 58.9. The van der Waals surface area contributed by atoms with Gasteiger partial charge in [0.05, 0.1) is 11.4 Å². The van der Waals surface area contributed by atoms with Crippen molar-refractivity contribution in [2.45, 2.75) is 0 Å². The Labute approximate surface area is 275 Å². The number of benzene rings is 8. The minimum absolute atomic E-state index is 0.880. The molecule has 0 spiro atoms. The Morgan fingerprint density at radius 3 is 2.04 bits per heavy atom. The number of nitrogens with zero attached hydrogens (tertiary/aromatic N) is 1. The van der Waals surface area contributed by atoms with Gasteiger partial charge in [0.2, 0.25) is 0 Å². The van der Waals surface area contributed by atoms with E-state index < -0.39 is 0 Å². The minimum atomic E-state index is 0.880. The molecule has 0 N–H and O–H groups in total. The van der Waals surface area contributed by atoms with Crippen LogP contribution in [0, 0.1) is 0 Å². The van der Waals surface area contributed by atoms with Crippen LogP contribution in [0.3, 0.4) is 0 Å². The molecular formula is C44H27NOS. The van der Waals surface area contributed by atoms with Crippen molar-refractivity contribution in [1.82, 2.24) is 0 Å². The highest BCUT2D eigenvalue weighted by Gasteiger charge is 2.23. The van der Waals surface area contributed by atoms with Crippen molar-refractivity contribution in [1.29, 1.82) is 0 Å². The van der Waals surface area contributed by atoms with Gasteiger partial charge >= 0.3 is 0 Å². The predicted octanol–water partition coefficient (Wildman–Crippen LogP) is 13.4. The van der Waals surface area contributed by atoms with Crippen LogP contribution in [0.4, 0.5) is 17.1 Å². The number of rotatable bonds is 4. The van der Waals surface area contributed by atoms with Crippen LogP contribution < -0.4 is 4.90 Å². The van der Waals surface area contributed by atoms with Crippen LogP contribution in [0.2, 0.25) is 0 Å². The Kier molecular flexibility index (Phi) is 5.78. The molecule has 0 unspecified atom stereocenters. The third-order valence-corrected chi connectivity index (χ3v) is 10.6. The Bertz CT molecular complexity index is 2810. The number of fused-ring (bicyclic) bond motifs is 10. The molecule has 2 heterocycles. The summed E-state index contributed by atoms with van der Waals surface area (Å²) in [5.41, 5.74) is 7.35. The van der Waals surface area contributed by atoms with Gasteiger partial charge in [0.15, 0.2) is 5.58 Å². The first-order valence-electron chi connectivity index (χ1n) is 15.9. The standard InChI is InChI=1S/C44H27NOS/c1-2-12-28(13-3-1)30-15-10-16-31(26-30)45(38-22-11-21-36-34-19-8-9-23-40(34)46-43(36)38)39-27-41-42(35-20-7-6-18-33(35)39)37-25-24-29-14-4-5-17-32(29)44(37)47-41/h1-27H. The van der Waals surface area contributed by atoms with Crippen molar-refractivity contribution in [3.63, 3.8) is 0 Å². The van der Waals surface area contributed by atoms with Crippen LogP contribution in [0.5, 0.6) is 0 Å². The lowest BCUT2D eigenvalue weighted by molar-refractivity contribution is 0.669. The number of hydrogen-bond donors (Lipinski definition) is 0. The fraction of sp³-hybridized carbons (Fsp3) is 0. The molecule has 8 aromatic carbocycles. The third kappa shape index (κ3) is 4.04. The molecule has 0 aliphatic rings. The first-order valence-corrected chi connectivity index (χ1v) is 16.7. The summed E-state index contributed by atoms with van der Waals surface area (Å²) in [4.78, 5) is 2.40. The highest BCUT2D eigenvalue weighted by molar-refractivity contribution is 7.27. The van der Waals surface area contributed by atoms with Crippen LogP contribution in [-0.2, 0) is 0 Å². The molecular weight excluding hydrogens is 591 g/mol. The van der Waals surface area contributed by atoms with E-state index in [1.807, 2.05) is 17.4 Å². The second kappa shape index (κ2) is 10.3. The van der Waals surface area contributed by atoms with Gasteiger partial charge in [0.1, 0.15) is 5.58 Å². The van der Waals surface area contributed by atoms with Crippen LogP contribution in [-0.4, -0.2) is 0 Å². The molecule has 0 aliphatic heterocycles.